The van der Waals surface area contributed by atoms with Crippen LogP contribution in [0.15, 0.2) is 53.7 Å². The first kappa shape index (κ1) is 20.5. The second-order valence-corrected chi connectivity index (χ2v) is 8.24. The first-order chi connectivity index (χ1) is 14.0. The number of fused-ring (bicyclic) bond motifs is 1. The Kier molecular flexibility index (Phi) is 6.04. The number of halogens is 4. The summed E-state index contributed by atoms with van der Waals surface area (Å²) in [6.45, 7) is 0. The molecule has 1 N–H and O–H groups in total. The minimum absolute atomic E-state index is 0.299. The van der Waals surface area contributed by atoms with Crippen LogP contribution in [0.4, 0.5) is 0 Å². The number of hydrogen-bond donors (Lipinski definition) is 1. The van der Waals surface area contributed by atoms with Gasteiger partial charge in [-0.3, -0.25) is 0 Å². The molecule has 0 aliphatic carbocycles. The smallest absolute Gasteiger partial charge is 0.172 e. The molecule has 4 rings (SSSR count). The highest BCUT2D eigenvalue weighted by molar-refractivity contribution is 7.98. The van der Waals surface area contributed by atoms with Gasteiger partial charge in [0.15, 0.2) is 16.7 Å². The quantitative estimate of drug-likeness (QED) is 0.288. The maximum Gasteiger partial charge on any atom is 0.172 e. The van der Waals surface area contributed by atoms with Crippen LogP contribution in [0.2, 0.25) is 20.1 Å². The zero-order valence-electron chi connectivity index (χ0n) is 14.8. The largest absolute Gasteiger partial charge is 0.452 e. The molecule has 3 aromatic carbocycles. The van der Waals surface area contributed by atoms with Crippen molar-refractivity contribution in [2.24, 2.45) is 0 Å². The van der Waals surface area contributed by atoms with Gasteiger partial charge in [0.1, 0.15) is 21.5 Å². The molecule has 0 spiro atoms. The summed E-state index contributed by atoms with van der Waals surface area (Å²) in [5, 5.41) is 2.14. The maximum atomic E-state index is 6.29. The van der Waals surface area contributed by atoms with E-state index in [4.69, 9.17) is 55.9 Å². The molecule has 4 aromatic rings. The van der Waals surface area contributed by atoms with E-state index in [1.807, 2.05) is 6.26 Å². The fraction of sp³-hybridized carbons (Fsp3) is 0.0500. The predicted octanol–water partition coefficient (Wildman–Crippen LogP) is 8.48. The van der Waals surface area contributed by atoms with Crippen LogP contribution in [0, 0.1) is 0 Å². The Bertz CT molecular complexity index is 1120. The monoisotopic (exact) mass is 484 g/mol. The molecule has 0 radical (unpaired) electrons. The summed E-state index contributed by atoms with van der Waals surface area (Å²) in [5.41, 5.74) is 1.50. The van der Waals surface area contributed by atoms with Crippen molar-refractivity contribution in [2.45, 2.75) is 5.16 Å². The van der Waals surface area contributed by atoms with Gasteiger partial charge in [-0.05, 0) is 30.5 Å². The lowest BCUT2D eigenvalue weighted by Crippen LogP contribution is -1.93. The molecule has 1 heterocycles. The van der Waals surface area contributed by atoms with Crippen molar-refractivity contribution in [3.8, 4) is 23.0 Å². The highest BCUT2D eigenvalue weighted by atomic mass is 35.5. The predicted molar refractivity (Wildman–Crippen MR) is 121 cm³/mol. The highest BCUT2D eigenvalue weighted by Gasteiger charge is 2.17. The van der Waals surface area contributed by atoms with Gasteiger partial charge in [-0.2, -0.15) is 0 Å². The molecule has 0 aliphatic rings. The molecule has 0 fully saturated rings. The number of thioether (sulfide) groups is 1. The molecular weight excluding hydrogens is 474 g/mol. The van der Waals surface area contributed by atoms with Crippen molar-refractivity contribution in [2.75, 3.05) is 6.26 Å². The average molecular weight is 486 g/mol. The van der Waals surface area contributed by atoms with E-state index in [0.29, 0.717) is 48.6 Å². The number of ether oxygens (including phenoxy) is 2. The Balaban J connectivity index is 1.82. The molecule has 0 saturated carbocycles. The number of H-pyrrole nitrogens is 1. The molecule has 0 atom stereocenters. The molecule has 29 heavy (non-hydrogen) atoms. The molecule has 0 amide bonds. The van der Waals surface area contributed by atoms with Crippen molar-refractivity contribution in [1.82, 2.24) is 9.97 Å². The van der Waals surface area contributed by atoms with E-state index < -0.39 is 0 Å². The molecule has 148 valence electrons. The summed E-state index contributed by atoms with van der Waals surface area (Å²) < 4.78 is 12.1. The third-order valence-electron chi connectivity index (χ3n) is 3.99. The van der Waals surface area contributed by atoms with Gasteiger partial charge in [-0.15, -0.1) is 0 Å². The molecule has 1 aromatic heterocycles. The summed E-state index contributed by atoms with van der Waals surface area (Å²) in [6, 6.07) is 13.8. The van der Waals surface area contributed by atoms with Gasteiger partial charge in [0.05, 0.1) is 21.1 Å². The average Bonchev–Trinajstić information content (AvgIpc) is 3.11. The SMILES string of the molecule is CSc1nc2cc(Oc3cccc(Cl)c3Cl)c(Oc3cccc(Cl)c3Cl)cc2[nH]1. The van der Waals surface area contributed by atoms with E-state index in [2.05, 4.69) is 9.97 Å². The number of nitrogens with one attached hydrogen (secondary N) is 1. The Morgan fingerprint density at radius 1 is 0.793 bits per heavy atom. The number of aromatic amines is 1. The summed E-state index contributed by atoms with van der Waals surface area (Å²) in [6.07, 6.45) is 1.93. The van der Waals surface area contributed by atoms with Crippen LogP contribution in [0.3, 0.4) is 0 Å². The van der Waals surface area contributed by atoms with Gasteiger partial charge in [0, 0.05) is 12.1 Å². The molecule has 0 bridgehead atoms. The van der Waals surface area contributed by atoms with Crippen LogP contribution in [-0.4, -0.2) is 16.2 Å². The van der Waals surface area contributed by atoms with Gasteiger partial charge in [-0.1, -0.05) is 70.3 Å². The van der Waals surface area contributed by atoms with Gasteiger partial charge < -0.3 is 14.5 Å². The third kappa shape index (κ3) is 4.25. The fourth-order valence-corrected chi connectivity index (χ4v) is 3.68. The first-order valence-corrected chi connectivity index (χ1v) is 11.0. The zero-order chi connectivity index (χ0) is 20.5. The van der Waals surface area contributed by atoms with Crippen LogP contribution in [-0.2, 0) is 0 Å². The second kappa shape index (κ2) is 8.54. The number of aromatic nitrogens is 2. The van der Waals surface area contributed by atoms with Crippen LogP contribution in [0.5, 0.6) is 23.0 Å². The standard InChI is InChI=1S/C20H12Cl4N2O2S/c1-29-20-25-12-8-16(27-14-6-2-4-10(21)18(14)23)17(9-13(12)26-20)28-15-7-3-5-11(22)19(15)24/h2-9H,1H3,(H,25,26). The lowest BCUT2D eigenvalue weighted by Gasteiger charge is -2.14. The van der Waals surface area contributed by atoms with E-state index in [0.717, 1.165) is 10.7 Å². The molecule has 0 aliphatic heterocycles. The van der Waals surface area contributed by atoms with E-state index in [-0.39, 0.29) is 0 Å². The first-order valence-electron chi connectivity index (χ1n) is 8.27. The van der Waals surface area contributed by atoms with Crippen molar-refractivity contribution >= 4 is 69.2 Å². The van der Waals surface area contributed by atoms with Crippen LogP contribution in [0.25, 0.3) is 11.0 Å². The Morgan fingerprint density at radius 3 is 1.90 bits per heavy atom. The highest BCUT2D eigenvalue weighted by Crippen LogP contribution is 2.43. The topological polar surface area (TPSA) is 47.1 Å². The summed E-state index contributed by atoms with van der Waals surface area (Å²) in [5.74, 6) is 1.59. The summed E-state index contributed by atoms with van der Waals surface area (Å²) in [7, 11) is 0. The van der Waals surface area contributed by atoms with Gasteiger partial charge in [0.25, 0.3) is 0 Å². The van der Waals surface area contributed by atoms with Gasteiger partial charge in [-0.25, -0.2) is 4.98 Å². The van der Waals surface area contributed by atoms with Crippen molar-refractivity contribution in [3.05, 3.63) is 68.6 Å². The minimum atomic E-state index is 0.299. The van der Waals surface area contributed by atoms with Gasteiger partial charge >= 0.3 is 0 Å². The van der Waals surface area contributed by atoms with Gasteiger partial charge in [0.2, 0.25) is 0 Å². The summed E-state index contributed by atoms with van der Waals surface area (Å²) in [4.78, 5) is 7.74. The molecule has 9 heteroatoms. The van der Waals surface area contributed by atoms with E-state index >= 15 is 0 Å². The fourth-order valence-electron chi connectivity index (χ4n) is 2.61. The Hall–Kier alpha value is -1.76. The number of nitrogens with zero attached hydrogens (tertiary/aromatic N) is 1. The molecule has 4 nitrogen and oxygen atoms in total. The van der Waals surface area contributed by atoms with E-state index in [9.17, 15) is 0 Å². The molecular formula is C20H12Cl4N2O2S. The second-order valence-electron chi connectivity index (χ2n) is 5.87. The van der Waals surface area contributed by atoms with Crippen LogP contribution < -0.4 is 9.47 Å². The number of hydrogen-bond acceptors (Lipinski definition) is 4. The zero-order valence-corrected chi connectivity index (χ0v) is 18.6. The minimum Gasteiger partial charge on any atom is -0.452 e. The maximum absolute atomic E-state index is 6.29. The number of benzene rings is 3. The number of rotatable bonds is 5. The third-order valence-corrected chi connectivity index (χ3v) is 6.17. The molecule has 0 unspecified atom stereocenters. The van der Waals surface area contributed by atoms with Crippen molar-refractivity contribution in [3.63, 3.8) is 0 Å². The summed E-state index contributed by atoms with van der Waals surface area (Å²) >= 11 is 26.3. The van der Waals surface area contributed by atoms with Crippen molar-refractivity contribution in [1.29, 1.82) is 0 Å². The van der Waals surface area contributed by atoms with E-state index in [1.165, 1.54) is 11.8 Å². The molecule has 0 saturated heterocycles. The normalized spacial score (nSPS) is 11.1. The lowest BCUT2D eigenvalue weighted by atomic mass is 10.2. The lowest BCUT2D eigenvalue weighted by molar-refractivity contribution is 0.420. The van der Waals surface area contributed by atoms with Crippen LogP contribution >= 0.6 is 58.2 Å². The number of imidazole rings is 1. The van der Waals surface area contributed by atoms with Crippen molar-refractivity contribution < 1.29 is 9.47 Å². The van der Waals surface area contributed by atoms with E-state index in [1.54, 1.807) is 48.5 Å². The van der Waals surface area contributed by atoms with Crippen LogP contribution in [0.1, 0.15) is 0 Å². The Labute approximate surface area is 191 Å². The Morgan fingerprint density at radius 2 is 1.34 bits per heavy atom.